The fourth-order valence-corrected chi connectivity index (χ4v) is 1.64. The first-order chi connectivity index (χ1) is 11.1. The highest BCUT2D eigenvalue weighted by Gasteiger charge is 2.08. The summed E-state index contributed by atoms with van der Waals surface area (Å²) in [4.78, 5) is 23.0. The Morgan fingerprint density at radius 2 is 1.96 bits per heavy atom. The minimum Gasteiger partial charge on any atom is -0.497 e. The minimum atomic E-state index is -0.511. The lowest BCUT2D eigenvalue weighted by molar-refractivity contribution is -0.129. The highest BCUT2D eigenvalue weighted by molar-refractivity contribution is 5.97. The highest BCUT2D eigenvalue weighted by atomic mass is 16.5. The Morgan fingerprint density at radius 3 is 2.61 bits per heavy atom. The van der Waals surface area contributed by atoms with E-state index in [1.165, 1.54) is 20.4 Å². The van der Waals surface area contributed by atoms with Crippen molar-refractivity contribution in [2.45, 2.75) is 6.42 Å². The van der Waals surface area contributed by atoms with Crippen LogP contribution in [0.25, 0.3) is 0 Å². The summed E-state index contributed by atoms with van der Waals surface area (Å²) in [7, 11) is 4.61. The van der Waals surface area contributed by atoms with Crippen LogP contribution >= 0.6 is 0 Å². The number of hydrazone groups is 1. The standard InChI is InChI=1S/C15H21N3O5/c1-21-7-6-16-14(19)9-15(20)18-17-10-11-4-5-12(22-2)8-13(11)23-3/h4-5,8,10H,6-7,9H2,1-3H3,(H,16,19)(H,18,20)/b17-10+. The minimum absolute atomic E-state index is 0.305. The molecular formula is C15H21N3O5. The number of hydrogen-bond donors (Lipinski definition) is 2. The number of nitrogens with zero attached hydrogens (tertiary/aromatic N) is 1. The summed E-state index contributed by atoms with van der Waals surface area (Å²) < 4.78 is 15.1. The summed E-state index contributed by atoms with van der Waals surface area (Å²) in [6, 6.07) is 5.19. The van der Waals surface area contributed by atoms with E-state index in [0.29, 0.717) is 30.2 Å². The maximum absolute atomic E-state index is 11.6. The second-order valence-corrected chi connectivity index (χ2v) is 4.42. The number of nitrogens with one attached hydrogen (secondary N) is 2. The Balaban J connectivity index is 2.49. The molecular weight excluding hydrogens is 302 g/mol. The lowest BCUT2D eigenvalue weighted by Gasteiger charge is -2.07. The van der Waals surface area contributed by atoms with Gasteiger partial charge in [0, 0.05) is 25.3 Å². The number of amides is 2. The maximum atomic E-state index is 11.6. The SMILES string of the molecule is COCCNC(=O)CC(=O)N/N=C/c1ccc(OC)cc1OC. The highest BCUT2D eigenvalue weighted by Crippen LogP contribution is 2.22. The van der Waals surface area contributed by atoms with Crippen LogP contribution in [0, 0.1) is 0 Å². The van der Waals surface area contributed by atoms with Crippen molar-refractivity contribution in [1.82, 2.24) is 10.7 Å². The van der Waals surface area contributed by atoms with E-state index in [4.69, 9.17) is 14.2 Å². The van der Waals surface area contributed by atoms with Gasteiger partial charge in [0.2, 0.25) is 11.8 Å². The number of hydrogen-bond acceptors (Lipinski definition) is 6. The number of benzene rings is 1. The van der Waals surface area contributed by atoms with Crippen LogP contribution in [0.5, 0.6) is 11.5 Å². The molecule has 0 spiro atoms. The van der Waals surface area contributed by atoms with Gasteiger partial charge < -0.3 is 19.5 Å². The van der Waals surface area contributed by atoms with Crippen LogP contribution in [-0.4, -0.2) is 52.5 Å². The Kier molecular flexibility index (Phi) is 8.16. The summed E-state index contributed by atoms with van der Waals surface area (Å²) in [5.74, 6) is 0.302. The summed E-state index contributed by atoms with van der Waals surface area (Å²) in [5.41, 5.74) is 2.95. The van der Waals surface area contributed by atoms with Gasteiger partial charge in [-0.2, -0.15) is 5.10 Å². The second kappa shape index (κ2) is 10.2. The van der Waals surface area contributed by atoms with Gasteiger partial charge >= 0.3 is 0 Å². The molecule has 126 valence electrons. The van der Waals surface area contributed by atoms with Crippen LogP contribution in [0.2, 0.25) is 0 Å². The topological polar surface area (TPSA) is 98.2 Å². The van der Waals surface area contributed by atoms with E-state index in [2.05, 4.69) is 15.8 Å². The van der Waals surface area contributed by atoms with Crippen molar-refractivity contribution in [2.75, 3.05) is 34.5 Å². The molecule has 8 heteroatoms. The first kappa shape index (κ1) is 18.4. The smallest absolute Gasteiger partial charge is 0.249 e. The number of carbonyl (C=O) groups is 2. The zero-order valence-electron chi connectivity index (χ0n) is 13.4. The molecule has 23 heavy (non-hydrogen) atoms. The van der Waals surface area contributed by atoms with Gasteiger partial charge in [0.15, 0.2) is 0 Å². The molecule has 0 aliphatic rings. The van der Waals surface area contributed by atoms with E-state index >= 15 is 0 Å². The molecule has 1 rings (SSSR count). The average Bonchev–Trinajstić information content (AvgIpc) is 2.55. The van der Waals surface area contributed by atoms with E-state index in [-0.39, 0.29) is 6.42 Å². The molecule has 0 bridgehead atoms. The Hall–Kier alpha value is -2.61. The van der Waals surface area contributed by atoms with Gasteiger partial charge in [0.25, 0.3) is 0 Å². The third-order valence-corrected chi connectivity index (χ3v) is 2.78. The monoisotopic (exact) mass is 323 g/mol. The molecule has 1 aromatic rings. The van der Waals surface area contributed by atoms with Gasteiger partial charge in [-0.15, -0.1) is 0 Å². The van der Waals surface area contributed by atoms with E-state index < -0.39 is 11.8 Å². The van der Waals surface area contributed by atoms with Crippen molar-refractivity contribution >= 4 is 18.0 Å². The van der Waals surface area contributed by atoms with E-state index in [9.17, 15) is 9.59 Å². The molecule has 0 radical (unpaired) electrons. The van der Waals surface area contributed by atoms with Crippen molar-refractivity contribution in [3.8, 4) is 11.5 Å². The zero-order valence-corrected chi connectivity index (χ0v) is 13.4. The van der Waals surface area contributed by atoms with Crippen molar-refractivity contribution in [3.05, 3.63) is 23.8 Å². The number of methoxy groups -OCH3 is 3. The predicted molar refractivity (Wildman–Crippen MR) is 84.8 cm³/mol. The van der Waals surface area contributed by atoms with Gasteiger partial charge in [-0.3, -0.25) is 9.59 Å². The first-order valence-electron chi connectivity index (χ1n) is 6.90. The van der Waals surface area contributed by atoms with Gasteiger partial charge in [-0.25, -0.2) is 5.43 Å². The fraction of sp³-hybridized carbons (Fsp3) is 0.400. The molecule has 2 N–H and O–H groups in total. The van der Waals surface area contributed by atoms with Crippen molar-refractivity contribution in [1.29, 1.82) is 0 Å². The van der Waals surface area contributed by atoms with Crippen molar-refractivity contribution < 1.29 is 23.8 Å². The maximum Gasteiger partial charge on any atom is 0.249 e. The Morgan fingerprint density at radius 1 is 1.17 bits per heavy atom. The third-order valence-electron chi connectivity index (χ3n) is 2.78. The van der Waals surface area contributed by atoms with Crippen LogP contribution in [0.1, 0.15) is 12.0 Å². The molecule has 8 nitrogen and oxygen atoms in total. The molecule has 0 atom stereocenters. The second-order valence-electron chi connectivity index (χ2n) is 4.42. The lowest BCUT2D eigenvalue weighted by Crippen LogP contribution is -2.31. The Bertz CT molecular complexity index is 560. The van der Waals surface area contributed by atoms with Gasteiger partial charge in [0.1, 0.15) is 17.9 Å². The van der Waals surface area contributed by atoms with E-state index in [1.807, 2.05) is 0 Å². The number of carbonyl (C=O) groups excluding carboxylic acids is 2. The molecule has 0 aliphatic carbocycles. The quantitative estimate of drug-likeness (QED) is 0.295. The van der Waals surface area contributed by atoms with E-state index in [1.54, 1.807) is 25.3 Å². The lowest BCUT2D eigenvalue weighted by atomic mass is 10.2. The Labute approximate surface area is 134 Å². The molecule has 1 aromatic carbocycles. The van der Waals surface area contributed by atoms with Crippen LogP contribution in [0.4, 0.5) is 0 Å². The molecule has 0 unspecified atom stereocenters. The largest absolute Gasteiger partial charge is 0.497 e. The van der Waals surface area contributed by atoms with E-state index in [0.717, 1.165) is 0 Å². The van der Waals surface area contributed by atoms with Gasteiger partial charge in [-0.05, 0) is 12.1 Å². The summed E-state index contributed by atoms with van der Waals surface area (Å²) in [6.45, 7) is 0.748. The molecule has 0 saturated carbocycles. The molecule has 0 heterocycles. The normalized spacial score (nSPS) is 10.4. The van der Waals surface area contributed by atoms with Crippen LogP contribution in [0.3, 0.4) is 0 Å². The zero-order chi connectivity index (χ0) is 17.1. The average molecular weight is 323 g/mol. The predicted octanol–water partition coefficient (Wildman–Crippen LogP) is 0.307. The van der Waals surface area contributed by atoms with Crippen LogP contribution < -0.4 is 20.2 Å². The van der Waals surface area contributed by atoms with Crippen molar-refractivity contribution in [3.63, 3.8) is 0 Å². The third kappa shape index (κ3) is 6.79. The van der Waals surface area contributed by atoms with Crippen LogP contribution in [0.15, 0.2) is 23.3 Å². The summed E-state index contributed by atoms with van der Waals surface area (Å²) >= 11 is 0. The van der Waals surface area contributed by atoms with Crippen molar-refractivity contribution in [2.24, 2.45) is 5.10 Å². The fourth-order valence-electron chi connectivity index (χ4n) is 1.64. The van der Waals surface area contributed by atoms with Gasteiger partial charge in [-0.1, -0.05) is 0 Å². The molecule has 0 aromatic heterocycles. The number of rotatable bonds is 9. The van der Waals surface area contributed by atoms with Gasteiger partial charge in [0.05, 0.1) is 27.0 Å². The first-order valence-corrected chi connectivity index (χ1v) is 6.90. The number of ether oxygens (including phenoxy) is 3. The molecule has 2 amide bonds. The molecule has 0 fully saturated rings. The molecule has 0 saturated heterocycles. The summed E-state index contributed by atoms with van der Waals surface area (Å²) in [6.07, 6.45) is 1.12. The molecule has 0 aliphatic heterocycles. The summed E-state index contributed by atoms with van der Waals surface area (Å²) in [5, 5.41) is 6.35. The van der Waals surface area contributed by atoms with Crippen LogP contribution in [-0.2, 0) is 14.3 Å².